The number of thiophene rings is 1. The summed E-state index contributed by atoms with van der Waals surface area (Å²) in [5, 5.41) is 13.4. The van der Waals surface area contributed by atoms with Crippen molar-refractivity contribution in [3.8, 4) is 0 Å². The smallest absolute Gasteiger partial charge is 0.351 e. The van der Waals surface area contributed by atoms with Crippen molar-refractivity contribution < 1.29 is 14.4 Å². The summed E-state index contributed by atoms with van der Waals surface area (Å²) in [7, 11) is 0. The maximum absolute atomic E-state index is 12.2. The Kier molecular flexibility index (Phi) is 7.39. The predicted molar refractivity (Wildman–Crippen MR) is 139 cm³/mol. The van der Waals surface area contributed by atoms with Crippen LogP contribution in [0.25, 0.3) is 11.0 Å². The van der Waals surface area contributed by atoms with Crippen LogP contribution in [0.4, 0.5) is 22.1 Å². The maximum Gasteiger partial charge on any atom is 0.430 e. The molecule has 0 unspecified atom stereocenters. The molecule has 0 spiro atoms. The number of aromatic nitrogens is 3. The molecule has 36 heavy (non-hydrogen) atoms. The Balaban J connectivity index is 1.18. The first-order valence-electron chi connectivity index (χ1n) is 11.9. The molecule has 1 aliphatic heterocycles. The average molecular weight is 506 g/mol. The summed E-state index contributed by atoms with van der Waals surface area (Å²) in [5.41, 5.74) is 2.15. The number of carbonyl (C=O) groups is 2. The Bertz CT molecular complexity index is 1330. The van der Waals surface area contributed by atoms with E-state index in [4.69, 9.17) is 4.84 Å². The number of nitrogens with one attached hydrogen (secondary N) is 3. The van der Waals surface area contributed by atoms with Gasteiger partial charge >= 0.3 is 6.09 Å². The van der Waals surface area contributed by atoms with Gasteiger partial charge in [-0.2, -0.15) is 4.98 Å². The molecule has 1 aromatic carbocycles. The highest BCUT2D eigenvalue weighted by atomic mass is 32.1. The van der Waals surface area contributed by atoms with E-state index in [9.17, 15) is 9.59 Å². The fourth-order valence-corrected chi connectivity index (χ4v) is 4.64. The van der Waals surface area contributed by atoms with Crippen molar-refractivity contribution in [2.24, 2.45) is 0 Å². The van der Waals surface area contributed by atoms with Gasteiger partial charge in [0.25, 0.3) is 5.91 Å². The van der Waals surface area contributed by atoms with Gasteiger partial charge in [-0.15, -0.1) is 16.4 Å². The summed E-state index contributed by atoms with van der Waals surface area (Å²) < 4.78 is 2.05. The molecule has 1 saturated heterocycles. The van der Waals surface area contributed by atoms with Gasteiger partial charge in [0.15, 0.2) is 0 Å². The molecule has 2 amide bonds. The number of amides is 2. The first-order chi connectivity index (χ1) is 17.6. The molecule has 3 aromatic heterocycles. The van der Waals surface area contributed by atoms with Gasteiger partial charge in [-0.05, 0) is 55.0 Å². The van der Waals surface area contributed by atoms with Crippen molar-refractivity contribution >= 4 is 51.7 Å². The number of aryl methyl sites for hydroxylation is 1. The lowest BCUT2D eigenvalue weighted by molar-refractivity contribution is -0.0738. The van der Waals surface area contributed by atoms with Gasteiger partial charge in [-0.25, -0.2) is 9.78 Å². The average Bonchev–Trinajstić information content (AvgIpc) is 3.65. The summed E-state index contributed by atoms with van der Waals surface area (Å²) in [6.07, 6.45) is 6.08. The summed E-state index contributed by atoms with van der Waals surface area (Å²) in [5.74, 6) is 0.405. The molecule has 4 aromatic rings. The third kappa shape index (κ3) is 5.99. The Morgan fingerprint density at radius 1 is 1.08 bits per heavy atom. The van der Waals surface area contributed by atoms with Crippen molar-refractivity contribution in [2.45, 2.75) is 25.8 Å². The number of nitrogens with zero attached hydrogens (tertiary/aromatic N) is 4. The first kappa shape index (κ1) is 23.8. The molecule has 4 heterocycles. The third-order valence-electron chi connectivity index (χ3n) is 5.75. The lowest BCUT2D eigenvalue weighted by Gasteiger charge is -2.15. The van der Waals surface area contributed by atoms with Gasteiger partial charge in [-0.1, -0.05) is 12.1 Å². The number of hydroxylamine groups is 2. The van der Waals surface area contributed by atoms with Crippen LogP contribution in [0.15, 0.2) is 60.2 Å². The molecule has 11 heteroatoms. The van der Waals surface area contributed by atoms with Gasteiger partial charge in [-0.3, -0.25) is 10.1 Å². The topological polar surface area (TPSA) is 113 Å². The molecule has 0 atom stereocenters. The van der Waals surface area contributed by atoms with Crippen molar-refractivity contribution in [1.82, 2.24) is 24.9 Å². The fourth-order valence-electron chi connectivity index (χ4n) is 4.00. The van der Waals surface area contributed by atoms with Crippen molar-refractivity contribution in [3.63, 3.8) is 0 Å². The lowest BCUT2D eigenvalue weighted by atomic mass is 10.3. The van der Waals surface area contributed by atoms with Crippen molar-refractivity contribution in [3.05, 3.63) is 65.1 Å². The second kappa shape index (κ2) is 11.2. The normalized spacial score (nSPS) is 13.6. The monoisotopic (exact) mass is 505 g/mol. The van der Waals surface area contributed by atoms with Crippen LogP contribution in [0.3, 0.4) is 0 Å². The Morgan fingerprint density at radius 2 is 1.94 bits per heavy atom. The molecule has 3 N–H and O–H groups in total. The van der Waals surface area contributed by atoms with Gasteiger partial charge in [0.05, 0.1) is 4.88 Å². The van der Waals surface area contributed by atoms with E-state index in [1.165, 1.54) is 11.3 Å². The molecule has 5 rings (SSSR count). The summed E-state index contributed by atoms with van der Waals surface area (Å²) in [4.78, 5) is 39.4. The zero-order valence-electron chi connectivity index (χ0n) is 19.6. The highest BCUT2D eigenvalue weighted by Gasteiger charge is 2.16. The second-order valence-electron chi connectivity index (χ2n) is 8.41. The van der Waals surface area contributed by atoms with E-state index in [0.29, 0.717) is 29.6 Å². The number of hydrogen-bond acceptors (Lipinski definition) is 8. The highest BCUT2D eigenvalue weighted by molar-refractivity contribution is 7.12. The zero-order chi connectivity index (χ0) is 24.7. The number of hydrogen-bond donors (Lipinski definition) is 3. The summed E-state index contributed by atoms with van der Waals surface area (Å²) in [6, 6.07) is 13.0. The molecular weight excluding hydrogens is 478 g/mol. The van der Waals surface area contributed by atoms with Crippen LogP contribution in [0.1, 0.15) is 28.9 Å². The van der Waals surface area contributed by atoms with Crippen molar-refractivity contribution in [1.29, 1.82) is 0 Å². The molecule has 186 valence electrons. The van der Waals surface area contributed by atoms with E-state index in [2.05, 4.69) is 25.9 Å². The second-order valence-corrected chi connectivity index (χ2v) is 9.36. The van der Waals surface area contributed by atoms with E-state index in [-0.39, 0.29) is 5.91 Å². The molecular formula is C25H27N7O3S. The number of fused-ring (bicyclic) bond motifs is 1. The summed E-state index contributed by atoms with van der Waals surface area (Å²) in [6.45, 7) is 2.82. The van der Waals surface area contributed by atoms with E-state index < -0.39 is 6.09 Å². The third-order valence-corrected chi connectivity index (χ3v) is 6.62. The SMILES string of the molecule is O=C(Nc1cccc(Nc2ncc3ccn(CCCNC(=O)c4cccs4)c3n2)c1)ON1CCCC1. The Labute approximate surface area is 212 Å². The zero-order valence-corrected chi connectivity index (χ0v) is 20.5. The van der Waals surface area contributed by atoms with E-state index >= 15 is 0 Å². The van der Waals surface area contributed by atoms with Crippen LogP contribution in [0.5, 0.6) is 0 Å². The van der Waals surface area contributed by atoms with Gasteiger partial charge in [0.1, 0.15) is 5.65 Å². The Morgan fingerprint density at radius 3 is 2.78 bits per heavy atom. The first-order valence-corrected chi connectivity index (χ1v) is 12.8. The van der Waals surface area contributed by atoms with Crippen LogP contribution >= 0.6 is 11.3 Å². The van der Waals surface area contributed by atoms with E-state index in [0.717, 1.165) is 49.1 Å². The number of rotatable bonds is 9. The maximum atomic E-state index is 12.2. The minimum absolute atomic E-state index is 0.0443. The van der Waals surface area contributed by atoms with Gasteiger partial charge in [0, 0.05) is 55.3 Å². The fraction of sp³-hybridized carbons (Fsp3) is 0.280. The van der Waals surface area contributed by atoms with E-state index in [1.54, 1.807) is 23.4 Å². The minimum Gasteiger partial charge on any atom is -0.351 e. The van der Waals surface area contributed by atoms with Crippen LogP contribution in [-0.4, -0.2) is 51.2 Å². The van der Waals surface area contributed by atoms with Crippen molar-refractivity contribution in [2.75, 3.05) is 30.3 Å². The molecule has 0 saturated carbocycles. The lowest BCUT2D eigenvalue weighted by Crippen LogP contribution is -2.27. The molecule has 10 nitrogen and oxygen atoms in total. The molecule has 1 fully saturated rings. The standard InChI is InChI=1S/C25H27N7O3S/c33-23(21-8-4-15-36-21)26-10-5-11-31-14-9-18-17-27-24(30-22(18)31)28-19-6-3-7-20(16-19)29-25(34)35-32-12-1-2-13-32/h3-4,6-9,14-17H,1-2,5,10-13H2,(H,26,33)(H,29,34)(H,27,28,30). The highest BCUT2D eigenvalue weighted by Crippen LogP contribution is 2.21. The number of anilines is 3. The van der Waals surface area contributed by atoms with E-state index in [1.807, 2.05) is 46.5 Å². The van der Waals surface area contributed by atoms with Crippen LogP contribution in [-0.2, 0) is 11.4 Å². The van der Waals surface area contributed by atoms with Crippen LogP contribution in [0, 0.1) is 0 Å². The molecule has 0 radical (unpaired) electrons. The van der Waals surface area contributed by atoms with Gasteiger partial charge in [0.2, 0.25) is 5.95 Å². The van der Waals surface area contributed by atoms with Gasteiger partial charge < -0.3 is 20.0 Å². The largest absolute Gasteiger partial charge is 0.430 e. The summed E-state index contributed by atoms with van der Waals surface area (Å²) >= 11 is 1.43. The van der Waals surface area contributed by atoms with Crippen LogP contribution in [0.2, 0.25) is 0 Å². The molecule has 0 aliphatic carbocycles. The quantitative estimate of drug-likeness (QED) is 0.285. The Hall–Kier alpha value is -3.96. The number of benzene rings is 1. The number of carbonyl (C=O) groups excluding carboxylic acids is 2. The predicted octanol–water partition coefficient (Wildman–Crippen LogP) is 4.62. The molecule has 1 aliphatic rings. The molecule has 0 bridgehead atoms. The van der Waals surface area contributed by atoms with Crippen LogP contribution < -0.4 is 16.0 Å². The minimum atomic E-state index is -0.504.